The third-order valence-electron chi connectivity index (χ3n) is 4.78. The molecule has 3 aromatic rings. The maximum absolute atomic E-state index is 3.65. The molecule has 130 valence electrons. The summed E-state index contributed by atoms with van der Waals surface area (Å²) in [6.45, 7) is 11.0. The van der Waals surface area contributed by atoms with Gasteiger partial charge in [0.1, 0.15) is 23.8 Å². The summed E-state index contributed by atoms with van der Waals surface area (Å²) in [5.74, 6) is 0. The van der Waals surface area contributed by atoms with Gasteiger partial charge in [-0.25, -0.2) is 9.13 Å². The number of aryl methyl sites for hydroxylation is 5. The Morgan fingerprint density at radius 3 is 2.00 bits per heavy atom. The van der Waals surface area contributed by atoms with Gasteiger partial charge >= 0.3 is 0 Å². The summed E-state index contributed by atoms with van der Waals surface area (Å²) in [5.41, 5.74) is 9.25. The highest BCUT2D eigenvalue weighted by Gasteiger charge is 2.18. The predicted octanol–water partition coefficient (Wildman–Crippen LogP) is 5.57. The average molecular weight is 398 g/mol. The molecule has 3 rings (SSSR count). The van der Waals surface area contributed by atoms with Gasteiger partial charge in [-0.15, -0.1) is 0 Å². The second-order valence-corrected chi connectivity index (χ2v) is 7.67. The highest BCUT2D eigenvalue weighted by atomic mass is 79.9. The largest absolute Gasteiger partial charge is 0.254 e. The van der Waals surface area contributed by atoms with Gasteiger partial charge in [-0.2, -0.15) is 0 Å². The summed E-state index contributed by atoms with van der Waals surface area (Å²) in [6.07, 6.45) is 8.56. The van der Waals surface area contributed by atoms with Crippen LogP contribution in [0, 0.1) is 20.8 Å². The lowest BCUT2D eigenvalue weighted by molar-refractivity contribution is -0.595. The average Bonchev–Trinajstić information content (AvgIpc) is 3.01. The van der Waals surface area contributed by atoms with E-state index in [0.717, 1.165) is 17.3 Å². The molecular weight excluding hydrogens is 372 g/mol. The number of rotatable bonds is 4. The molecular formula is C22H26BrN2+. The van der Waals surface area contributed by atoms with Crippen LogP contribution in [0.5, 0.6) is 0 Å². The minimum absolute atomic E-state index is 1.02. The topological polar surface area (TPSA) is 8.81 Å². The Hall–Kier alpha value is -1.87. The van der Waals surface area contributed by atoms with Gasteiger partial charge in [0.15, 0.2) is 0 Å². The zero-order valence-electron chi connectivity index (χ0n) is 15.7. The highest BCUT2D eigenvalue weighted by Crippen LogP contribution is 2.26. The lowest BCUT2D eigenvalue weighted by Crippen LogP contribution is -2.30. The van der Waals surface area contributed by atoms with Gasteiger partial charge < -0.3 is 0 Å². The number of hydrogen-bond donors (Lipinski definition) is 0. The first kappa shape index (κ1) is 17.9. The standard InChI is InChI=1S/C22H26BrN2/c1-6-18-12-20(23)13-19(7-2)22(18)25-9-8-24(14-25)21-16(4)10-15(3)11-17(21)5/h8-14H,6-7H2,1-5H3/q+1. The van der Waals surface area contributed by atoms with Gasteiger partial charge in [0, 0.05) is 15.6 Å². The van der Waals surface area contributed by atoms with E-state index in [1.807, 2.05) is 0 Å². The molecule has 0 aliphatic rings. The molecule has 0 spiro atoms. The molecule has 0 atom stereocenters. The number of nitrogens with zero attached hydrogens (tertiary/aromatic N) is 2. The van der Waals surface area contributed by atoms with E-state index in [1.54, 1.807) is 0 Å². The Morgan fingerprint density at radius 1 is 0.920 bits per heavy atom. The normalized spacial score (nSPS) is 11.1. The Kier molecular flexibility index (Phi) is 5.14. The van der Waals surface area contributed by atoms with E-state index in [-0.39, 0.29) is 0 Å². The van der Waals surface area contributed by atoms with Gasteiger partial charge in [0.2, 0.25) is 0 Å². The van der Waals surface area contributed by atoms with Gasteiger partial charge in [-0.05, 0) is 56.9 Å². The second-order valence-electron chi connectivity index (χ2n) is 6.76. The molecule has 0 fully saturated rings. The fourth-order valence-electron chi connectivity index (χ4n) is 3.79. The first-order valence-electron chi connectivity index (χ1n) is 8.93. The van der Waals surface area contributed by atoms with Crippen LogP contribution in [0.15, 0.2) is 47.5 Å². The second kappa shape index (κ2) is 7.17. The van der Waals surface area contributed by atoms with Gasteiger partial charge in [0.05, 0.1) is 0 Å². The molecule has 0 bridgehead atoms. The van der Waals surface area contributed by atoms with E-state index in [4.69, 9.17) is 0 Å². The van der Waals surface area contributed by atoms with Crippen molar-refractivity contribution < 1.29 is 4.57 Å². The zero-order chi connectivity index (χ0) is 18.1. The van der Waals surface area contributed by atoms with Gasteiger partial charge in [-0.1, -0.05) is 47.5 Å². The summed E-state index contributed by atoms with van der Waals surface area (Å²) in [7, 11) is 0. The number of aromatic nitrogens is 2. The molecule has 1 heterocycles. The first-order valence-corrected chi connectivity index (χ1v) is 9.73. The Bertz CT molecular complexity index is 874. The van der Waals surface area contributed by atoms with E-state index in [0.29, 0.717) is 0 Å². The molecule has 0 radical (unpaired) electrons. The first-order chi connectivity index (χ1) is 11.9. The Morgan fingerprint density at radius 2 is 1.48 bits per heavy atom. The zero-order valence-corrected chi connectivity index (χ0v) is 17.3. The Balaban J connectivity index is 2.15. The smallest absolute Gasteiger partial charge is 0.202 e. The van der Waals surface area contributed by atoms with Crippen LogP contribution in [-0.4, -0.2) is 4.57 Å². The lowest BCUT2D eigenvalue weighted by atomic mass is 10.0. The number of imidazole rings is 1. The maximum atomic E-state index is 3.65. The minimum Gasteiger partial charge on any atom is -0.202 e. The van der Waals surface area contributed by atoms with Crippen molar-refractivity contribution >= 4 is 15.9 Å². The summed E-state index contributed by atoms with van der Waals surface area (Å²) >= 11 is 3.65. The molecule has 2 aromatic carbocycles. The summed E-state index contributed by atoms with van der Waals surface area (Å²) < 4.78 is 5.67. The van der Waals surface area contributed by atoms with Crippen LogP contribution in [0.3, 0.4) is 0 Å². The third-order valence-corrected chi connectivity index (χ3v) is 5.24. The highest BCUT2D eigenvalue weighted by molar-refractivity contribution is 9.10. The molecule has 0 aliphatic heterocycles. The molecule has 0 amide bonds. The van der Waals surface area contributed by atoms with E-state index in [9.17, 15) is 0 Å². The van der Waals surface area contributed by atoms with Crippen molar-refractivity contribution in [2.24, 2.45) is 0 Å². The van der Waals surface area contributed by atoms with Crippen LogP contribution in [0.25, 0.3) is 11.4 Å². The van der Waals surface area contributed by atoms with E-state index < -0.39 is 0 Å². The molecule has 3 heteroatoms. The summed E-state index contributed by atoms with van der Waals surface area (Å²) in [5, 5.41) is 0. The van der Waals surface area contributed by atoms with Crippen molar-refractivity contribution in [3.8, 4) is 11.4 Å². The van der Waals surface area contributed by atoms with E-state index >= 15 is 0 Å². The van der Waals surface area contributed by atoms with Gasteiger partial charge in [0.25, 0.3) is 6.33 Å². The Labute approximate surface area is 159 Å². The molecule has 0 saturated heterocycles. The SMILES string of the molecule is CCc1cc(Br)cc(CC)c1-n1cc[n+](-c2c(C)cc(C)cc2C)c1. The molecule has 25 heavy (non-hydrogen) atoms. The van der Waals surface area contributed by atoms with Crippen molar-refractivity contribution in [1.29, 1.82) is 0 Å². The monoisotopic (exact) mass is 397 g/mol. The molecule has 1 aromatic heterocycles. The van der Waals surface area contributed by atoms with Gasteiger partial charge in [-0.3, -0.25) is 0 Å². The molecule has 0 N–H and O–H groups in total. The van der Waals surface area contributed by atoms with Crippen molar-refractivity contribution in [3.05, 3.63) is 75.3 Å². The van der Waals surface area contributed by atoms with Crippen molar-refractivity contribution in [2.75, 3.05) is 0 Å². The van der Waals surface area contributed by atoms with E-state index in [1.165, 1.54) is 39.2 Å². The van der Waals surface area contributed by atoms with E-state index in [2.05, 4.69) is 103 Å². The maximum Gasteiger partial charge on any atom is 0.254 e. The quantitative estimate of drug-likeness (QED) is 0.509. The third kappa shape index (κ3) is 3.43. The lowest BCUT2D eigenvalue weighted by Gasteiger charge is -2.11. The van der Waals surface area contributed by atoms with Crippen molar-refractivity contribution in [2.45, 2.75) is 47.5 Å². The molecule has 0 saturated carbocycles. The minimum atomic E-state index is 1.02. The summed E-state index contributed by atoms with van der Waals surface area (Å²) in [4.78, 5) is 0. The molecule has 2 nitrogen and oxygen atoms in total. The number of halogens is 1. The van der Waals surface area contributed by atoms with Crippen LogP contribution in [-0.2, 0) is 12.8 Å². The number of benzene rings is 2. The van der Waals surface area contributed by atoms with Crippen LogP contribution in [0.2, 0.25) is 0 Å². The molecule has 0 unspecified atom stereocenters. The van der Waals surface area contributed by atoms with Crippen LogP contribution in [0.4, 0.5) is 0 Å². The summed E-state index contributed by atoms with van der Waals surface area (Å²) in [6, 6.07) is 8.98. The fourth-order valence-corrected chi connectivity index (χ4v) is 4.34. The molecule has 0 aliphatic carbocycles. The predicted molar refractivity (Wildman–Crippen MR) is 108 cm³/mol. The van der Waals surface area contributed by atoms with Crippen molar-refractivity contribution in [1.82, 2.24) is 4.57 Å². The van der Waals surface area contributed by atoms with Crippen molar-refractivity contribution in [3.63, 3.8) is 0 Å². The van der Waals surface area contributed by atoms with Crippen LogP contribution < -0.4 is 4.57 Å². The van der Waals surface area contributed by atoms with Crippen LogP contribution >= 0.6 is 15.9 Å². The number of hydrogen-bond acceptors (Lipinski definition) is 0. The fraction of sp³-hybridized carbons (Fsp3) is 0.318. The van der Waals surface area contributed by atoms with Crippen LogP contribution in [0.1, 0.15) is 41.7 Å².